The molecule has 0 N–H and O–H groups in total. The second-order valence-corrected chi connectivity index (χ2v) is 6.13. The first-order valence-corrected chi connectivity index (χ1v) is 7.31. The molecule has 0 bridgehead atoms. The molecule has 3 heterocycles. The van der Waals surface area contributed by atoms with Crippen molar-refractivity contribution in [1.29, 1.82) is 0 Å². The summed E-state index contributed by atoms with van der Waals surface area (Å²) in [5.41, 5.74) is 1.15. The summed E-state index contributed by atoms with van der Waals surface area (Å²) in [4.78, 5) is 7.19. The molecule has 4 heteroatoms. The van der Waals surface area contributed by atoms with E-state index in [1.165, 1.54) is 10.4 Å². The van der Waals surface area contributed by atoms with Crippen molar-refractivity contribution in [1.82, 2.24) is 5.06 Å². The predicted molar refractivity (Wildman–Crippen MR) is 74.4 cm³/mol. The van der Waals surface area contributed by atoms with Crippen molar-refractivity contribution in [2.75, 3.05) is 20.3 Å². The molecule has 0 radical (unpaired) electrons. The topological polar surface area (TPSA) is 21.7 Å². The van der Waals surface area contributed by atoms with E-state index in [-0.39, 0.29) is 11.5 Å². The molecule has 4 rings (SSSR count). The Bertz CT molecular complexity index is 598. The Morgan fingerprint density at radius 3 is 2.95 bits per heavy atom. The molecular formula is C15H15NO2S. The molecule has 2 unspecified atom stereocenters. The Labute approximate surface area is 116 Å². The van der Waals surface area contributed by atoms with Gasteiger partial charge in [0.15, 0.2) is 0 Å². The van der Waals surface area contributed by atoms with Crippen molar-refractivity contribution in [2.24, 2.45) is 0 Å². The number of hydroxylamine groups is 2. The number of nitrogens with zero attached hydrogens (tertiary/aromatic N) is 1. The van der Waals surface area contributed by atoms with Crippen LogP contribution in [-0.2, 0) is 10.3 Å². The molecule has 19 heavy (non-hydrogen) atoms. The first-order valence-electron chi connectivity index (χ1n) is 6.43. The summed E-state index contributed by atoms with van der Waals surface area (Å²) in [6.07, 6.45) is 0. The number of hydrogen-bond acceptors (Lipinski definition) is 4. The van der Waals surface area contributed by atoms with Crippen LogP contribution in [0.25, 0.3) is 0 Å². The minimum absolute atomic E-state index is 0.0722. The molecule has 0 amide bonds. The van der Waals surface area contributed by atoms with Gasteiger partial charge in [-0.15, -0.1) is 11.3 Å². The number of benzene rings is 1. The van der Waals surface area contributed by atoms with Gasteiger partial charge in [0.25, 0.3) is 0 Å². The average Bonchev–Trinajstić information content (AvgIpc) is 3.08. The predicted octanol–water partition coefficient (Wildman–Crippen LogP) is 3.00. The molecule has 2 aliphatic rings. The third-order valence-electron chi connectivity index (χ3n) is 4.12. The highest BCUT2D eigenvalue weighted by atomic mass is 32.1. The van der Waals surface area contributed by atoms with Gasteiger partial charge in [-0.1, -0.05) is 24.3 Å². The molecular weight excluding hydrogens is 258 g/mol. The second kappa shape index (κ2) is 4.07. The summed E-state index contributed by atoms with van der Waals surface area (Å²) < 4.78 is 6.01. The van der Waals surface area contributed by atoms with Gasteiger partial charge in [0.1, 0.15) is 12.4 Å². The normalized spacial score (nSPS) is 29.6. The molecule has 0 aliphatic carbocycles. The lowest BCUT2D eigenvalue weighted by Crippen LogP contribution is -2.43. The number of rotatable bonds is 1. The number of thiophene rings is 1. The highest BCUT2D eigenvalue weighted by Crippen LogP contribution is 2.52. The quantitative estimate of drug-likeness (QED) is 0.797. The Kier molecular flexibility index (Phi) is 2.45. The monoisotopic (exact) mass is 273 g/mol. The van der Waals surface area contributed by atoms with Crippen molar-refractivity contribution in [3.8, 4) is 5.75 Å². The maximum absolute atomic E-state index is 6.01. The van der Waals surface area contributed by atoms with Crippen LogP contribution in [0, 0.1) is 0 Å². The summed E-state index contributed by atoms with van der Waals surface area (Å²) >= 11 is 1.79. The van der Waals surface area contributed by atoms with Gasteiger partial charge in [0.05, 0.1) is 18.1 Å². The van der Waals surface area contributed by atoms with Crippen LogP contribution in [0.15, 0.2) is 41.8 Å². The molecule has 2 aromatic rings. The molecule has 1 saturated heterocycles. The van der Waals surface area contributed by atoms with Crippen molar-refractivity contribution < 1.29 is 9.57 Å². The minimum atomic E-state index is -0.0722. The molecule has 1 fully saturated rings. The van der Waals surface area contributed by atoms with Crippen LogP contribution in [0.5, 0.6) is 5.75 Å². The molecule has 2 atom stereocenters. The van der Waals surface area contributed by atoms with Gasteiger partial charge < -0.3 is 4.74 Å². The van der Waals surface area contributed by atoms with Crippen LogP contribution < -0.4 is 4.74 Å². The summed E-state index contributed by atoms with van der Waals surface area (Å²) in [6, 6.07) is 12.8. The van der Waals surface area contributed by atoms with Crippen LogP contribution in [0.4, 0.5) is 0 Å². The standard InChI is InChI=1S/C15H15NO2S/c1-16-14-11-5-2-3-6-12(11)17-9-15(14,10-18-16)13-7-4-8-19-13/h2-8,14H,9-10H2,1H3. The maximum Gasteiger partial charge on any atom is 0.124 e. The third kappa shape index (κ3) is 1.51. The number of ether oxygens (including phenoxy) is 1. The van der Waals surface area contributed by atoms with E-state index < -0.39 is 0 Å². The van der Waals surface area contributed by atoms with E-state index in [1.807, 2.05) is 24.2 Å². The Hall–Kier alpha value is -1.36. The first-order chi connectivity index (χ1) is 9.31. The van der Waals surface area contributed by atoms with Gasteiger partial charge in [0.2, 0.25) is 0 Å². The summed E-state index contributed by atoms with van der Waals surface area (Å²) in [7, 11) is 2.02. The van der Waals surface area contributed by atoms with Crippen molar-refractivity contribution in [3.05, 3.63) is 52.2 Å². The molecule has 3 nitrogen and oxygen atoms in total. The SMILES string of the molecule is CN1OCC2(c3cccs3)COc3ccccc3C12. The largest absolute Gasteiger partial charge is 0.492 e. The zero-order valence-corrected chi connectivity index (χ0v) is 11.5. The fraction of sp³-hybridized carbons (Fsp3) is 0.333. The van der Waals surface area contributed by atoms with Gasteiger partial charge in [-0.2, -0.15) is 5.06 Å². The Morgan fingerprint density at radius 1 is 1.21 bits per heavy atom. The Balaban J connectivity index is 1.90. The molecule has 2 aliphatic heterocycles. The van der Waals surface area contributed by atoms with Gasteiger partial charge in [0, 0.05) is 17.5 Å². The van der Waals surface area contributed by atoms with E-state index in [9.17, 15) is 0 Å². The van der Waals surface area contributed by atoms with E-state index in [1.54, 1.807) is 11.3 Å². The number of para-hydroxylation sites is 1. The van der Waals surface area contributed by atoms with E-state index in [0.717, 1.165) is 5.75 Å². The van der Waals surface area contributed by atoms with Gasteiger partial charge in [-0.25, -0.2) is 0 Å². The fourth-order valence-corrected chi connectivity index (χ4v) is 4.14. The smallest absolute Gasteiger partial charge is 0.124 e. The van der Waals surface area contributed by atoms with Crippen LogP contribution >= 0.6 is 11.3 Å². The van der Waals surface area contributed by atoms with Crippen LogP contribution in [0.1, 0.15) is 16.5 Å². The molecule has 1 aromatic carbocycles. The van der Waals surface area contributed by atoms with Crippen LogP contribution in [0.3, 0.4) is 0 Å². The lowest BCUT2D eigenvalue weighted by Gasteiger charge is -2.39. The fourth-order valence-electron chi connectivity index (χ4n) is 3.22. The lowest BCUT2D eigenvalue weighted by atomic mass is 9.76. The number of likely N-dealkylation sites (N-methyl/N-ethyl adjacent to an activating group) is 1. The van der Waals surface area contributed by atoms with Crippen molar-refractivity contribution in [3.63, 3.8) is 0 Å². The second-order valence-electron chi connectivity index (χ2n) is 5.18. The van der Waals surface area contributed by atoms with E-state index in [0.29, 0.717) is 13.2 Å². The highest BCUT2D eigenvalue weighted by Gasteiger charge is 2.54. The van der Waals surface area contributed by atoms with Crippen molar-refractivity contribution >= 4 is 11.3 Å². The summed E-state index contributed by atoms with van der Waals surface area (Å²) in [5.74, 6) is 0.983. The van der Waals surface area contributed by atoms with Crippen molar-refractivity contribution in [2.45, 2.75) is 11.5 Å². The molecule has 98 valence electrons. The van der Waals surface area contributed by atoms with Crippen LogP contribution in [0.2, 0.25) is 0 Å². The van der Waals surface area contributed by atoms with E-state index in [4.69, 9.17) is 9.57 Å². The third-order valence-corrected chi connectivity index (χ3v) is 5.21. The van der Waals surface area contributed by atoms with Crippen LogP contribution in [-0.4, -0.2) is 25.3 Å². The number of fused-ring (bicyclic) bond motifs is 3. The average molecular weight is 273 g/mol. The maximum atomic E-state index is 6.01. The molecule has 0 spiro atoms. The highest BCUT2D eigenvalue weighted by molar-refractivity contribution is 7.10. The van der Waals surface area contributed by atoms with E-state index >= 15 is 0 Å². The van der Waals surface area contributed by atoms with E-state index in [2.05, 4.69) is 29.6 Å². The lowest BCUT2D eigenvalue weighted by molar-refractivity contribution is -0.111. The Morgan fingerprint density at radius 2 is 2.11 bits per heavy atom. The minimum Gasteiger partial charge on any atom is -0.492 e. The zero-order chi connectivity index (χ0) is 12.9. The van der Waals surface area contributed by atoms with Gasteiger partial charge in [-0.05, 0) is 17.5 Å². The van der Waals surface area contributed by atoms with Gasteiger partial charge >= 0.3 is 0 Å². The summed E-state index contributed by atoms with van der Waals surface area (Å²) in [6.45, 7) is 1.36. The molecule has 1 aromatic heterocycles. The molecule has 0 saturated carbocycles. The number of hydrogen-bond donors (Lipinski definition) is 0. The zero-order valence-electron chi connectivity index (χ0n) is 10.7. The first kappa shape index (κ1) is 11.5. The summed E-state index contributed by atoms with van der Waals surface area (Å²) in [5, 5.41) is 4.11. The van der Waals surface area contributed by atoms with Gasteiger partial charge in [-0.3, -0.25) is 4.84 Å².